The number of nitrogens with one attached hydrogen (secondary N) is 1. The topological polar surface area (TPSA) is 55.1 Å². The minimum atomic E-state index is -2.58. The van der Waals surface area contributed by atoms with E-state index < -0.39 is 23.8 Å². The highest BCUT2D eigenvalue weighted by Gasteiger charge is 2.60. The number of rotatable bonds is 1. The van der Waals surface area contributed by atoms with Gasteiger partial charge in [-0.2, -0.15) is 0 Å². The van der Waals surface area contributed by atoms with Gasteiger partial charge in [-0.25, -0.2) is 8.78 Å². The van der Waals surface area contributed by atoms with E-state index in [1.165, 1.54) is 0 Å². The fourth-order valence-electron chi connectivity index (χ4n) is 2.01. The van der Waals surface area contributed by atoms with E-state index in [-0.39, 0.29) is 18.9 Å². The summed E-state index contributed by atoms with van der Waals surface area (Å²) >= 11 is 0. The first-order valence-corrected chi connectivity index (χ1v) is 3.94. The lowest BCUT2D eigenvalue weighted by molar-refractivity contribution is -0.138. The molecule has 2 aliphatic rings. The number of halogens is 2. The summed E-state index contributed by atoms with van der Waals surface area (Å²) in [5, 5.41) is 2.79. The van der Waals surface area contributed by atoms with Crippen LogP contribution in [0.25, 0.3) is 0 Å². The maximum Gasteiger partial charge on any atom is 0.253 e. The summed E-state index contributed by atoms with van der Waals surface area (Å²) in [6.45, 7) is 0. The van der Waals surface area contributed by atoms with Crippen molar-refractivity contribution < 1.29 is 13.6 Å². The minimum absolute atomic E-state index is 0.151. The number of amides is 1. The molecular formula is C7H10F2N2O. The highest BCUT2D eigenvalue weighted by atomic mass is 19.3. The SMILES string of the molecule is NC(=O)C1CC2C(CC2(F)F)N1. The molecule has 0 aromatic heterocycles. The van der Waals surface area contributed by atoms with Crippen LogP contribution < -0.4 is 11.1 Å². The van der Waals surface area contributed by atoms with Crippen LogP contribution in [0.15, 0.2) is 0 Å². The summed E-state index contributed by atoms with van der Waals surface area (Å²) < 4.78 is 25.5. The molecule has 0 bridgehead atoms. The highest BCUT2D eigenvalue weighted by molar-refractivity contribution is 5.80. The minimum Gasteiger partial charge on any atom is -0.368 e. The number of carbonyl (C=O) groups is 1. The van der Waals surface area contributed by atoms with Gasteiger partial charge in [-0.1, -0.05) is 0 Å². The first kappa shape index (κ1) is 7.91. The summed E-state index contributed by atoms with van der Waals surface area (Å²) in [4.78, 5) is 10.6. The number of hydrogen-bond donors (Lipinski definition) is 2. The molecule has 0 spiro atoms. The molecule has 3 atom stereocenters. The summed E-state index contributed by atoms with van der Waals surface area (Å²) in [6.07, 6.45) is 0.0362. The van der Waals surface area contributed by atoms with Gasteiger partial charge in [0.25, 0.3) is 5.92 Å². The number of nitrogens with two attached hydrogens (primary N) is 1. The van der Waals surface area contributed by atoms with Gasteiger partial charge < -0.3 is 11.1 Å². The van der Waals surface area contributed by atoms with Crippen molar-refractivity contribution in [3.05, 3.63) is 0 Å². The maximum absolute atomic E-state index is 12.7. The molecular weight excluding hydrogens is 166 g/mol. The van der Waals surface area contributed by atoms with Gasteiger partial charge in [0.1, 0.15) is 0 Å². The van der Waals surface area contributed by atoms with Crippen LogP contribution in [0.3, 0.4) is 0 Å². The molecule has 1 heterocycles. The van der Waals surface area contributed by atoms with Crippen molar-refractivity contribution in [2.45, 2.75) is 30.8 Å². The number of alkyl halides is 2. The summed E-state index contributed by atoms with van der Waals surface area (Å²) in [5.74, 6) is -3.78. The van der Waals surface area contributed by atoms with E-state index in [1.807, 2.05) is 0 Å². The molecule has 1 aliphatic heterocycles. The van der Waals surface area contributed by atoms with Gasteiger partial charge in [0.2, 0.25) is 5.91 Å². The molecule has 2 fully saturated rings. The van der Waals surface area contributed by atoms with Crippen molar-refractivity contribution in [2.75, 3.05) is 0 Å². The lowest BCUT2D eigenvalue weighted by Crippen LogP contribution is -2.53. The van der Waals surface area contributed by atoms with Gasteiger partial charge in [-0.15, -0.1) is 0 Å². The van der Waals surface area contributed by atoms with Crippen LogP contribution in [0.5, 0.6) is 0 Å². The number of carbonyl (C=O) groups excluding carboxylic acids is 1. The normalized spacial score (nSPS) is 43.3. The van der Waals surface area contributed by atoms with Crippen LogP contribution in [0.4, 0.5) is 8.78 Å². The lowest BCUT2D eigenvalue weighted by Gasteiger charge is -2.39. The molecule has 1 amide bonds. The Morgan fingerprint density at radius 1 is 1.58 bits per heavy atom. The molecule has 68 valence electrons. The third-order valence-electron chi connectivity index (χ3n) is 2.77. The van der Waals surface area contributed by atoms with Crippen molar-refractivity contribution in [3.8, 4) is 0 Å². The zero-order valence-corrected chi connectivity index (χ0v) is 6.39. The molecule has 1 aliphatic carbocycles. The molecule has 3 N–H and O–H groups in total. The second kappa shape index (κ2) is 2.16. The van der Waals surface area contributed by atoms with Gasteiger partial charge in [0.15, 0.2) is 0 Å². The standard InChI is InChI=1S/C7H10F2N2O/c8-7(9)2-5-3(7)1-4(11-5)6(10)12/h3-5,11H,1-2H2,(H2,10,12). The van der Waals surface area contributed by atoms with Crippen LogP contribution in [-0.4, -0.2) is 23.9 Å². The zero-order chi connectivity index (χ0) is 8.93. The van der Waals surface area contributed by atoms with E-state index >= 15 is 0 Å². The Morgan fingerprint density at radius 2 is 2.25 bits per heavy atom. The van der Waals surface area contributed by atoms with Crippen molar-refractivity contribution in [2.24, 2.45) is 11.7 Å². The van der Waals surface area contributed by atoms with E-state index in [4.69, 9.17) is 5.73 Å². The predicted molar refractivity (Wildman–Crippen MR) is 37.6 cm³/mol. The molecule has 12 heavy (non-hydrogen) atoms. The van der Waals surface area contributed by atoms with Gasteiger partial charge in [-0.05, 0) is 6.42 Å². The van der Waals surface area contributed by atoms with Crippen LogP contribution in [-0.2, 0) is 4.79 Å². The third kappa shape index (κ3) is 0.924. The molecule has 2 rings (SSSR count). The smallest absolute Gasteiger partial charge is 0.253 e. The van der Waals surface area contributed by atoms with Crippen LogP contribution in [0.1, 0.15) is 12.8 Å². The van der Waals surface area contributed by atoms with E-state index in [0.717, 1.165) is 0 Å². The second-order valence-electron chi connectivity index (χ2n) is 3.54. The third-order valence-corrected chi connectivity index (χ3v) is 2.77. The Hall–Kier alpha value is -0.710. The van der Waals surface area contributed by atoms with Gasteiger partial charge >= 0.3 is 0 Å². The largest absolute Gasteiger partial charge is 0.368 e. The van der Waals surface area contributed by atoms with Crippen molar-refractivity contribution >= 4 is 5.91 Å². The fraction of sp³-hybridized carbons (Fsp3) is 0.857. The Balaban J connectivity index is 2.04. The quantitative estimate of drug-likeness (QED) is 0.584. The van der Waals surface area contributed by atoms with Gasteiger partial charge in [0.05, 0.1) is 6.04 Å². The van der Waals surface area contributed by atoms with Crippen molar-refractivity contribution in [1.29, 1.82) is 0 Å². The fourth-order valence-corrected chi connectivity index (χ4v) is 2.01. The first-order valence-electron chi connectivity index (χ1n) is 3.94. The summed E-state index contributed by atoms with van der Waals surface area (Å²) in [7, 11) is 0. The van der Waals surface area contributed by atoms with Crippen molar-refractivity contribution in [3.63, 3.8) is 0 Å². The molecule has 0 aromatic carbocycles. The van der Waals surface area contributed by atoms with Crippen molar-refractivity contribution in [1.82, 2.24) is 5.32 Å². The number of primary amides is 1. The average molecular weight is 176 g/mol. The molecule has 1 saturated heterocycles. The Kier molecular flexibility index (Phi) is 1.42. The Labute approximate surface area is 68.3 Å². The van der Waals surface area contributed by atoms with Crippen LogP contribution >= 0.6 is 0 Å². The van der Waals surface area contributed by atoms with Crippen LogP contribution in [0.2, 0.25) is 0 Å². The summed E-state index contributed by atoms with van der Waals surface area (Å²) in [5.41, 5.74) is 4.99. The zero-order valence-electron chi connectivity index (χ0n) is 6.39. The predicted octanol–water partition coefficient (Wildman–Crippen LogP) is -0.143. The van der Waals surface area contributed by atoms with E-state index in [0.29, 0.717) is 0 Å². The summed E-state index contributed by atoms with van der Waals surface area (Å²) in [6, 6.07) is -0.745. The number of hydrogen-bond acceptors (Lipinski definition) is 2. The van der Waals surface area contributed by atoms with E-state index in [2.05, 4.69) is 5.32 Å². The molecule has 0 aromatic rings. The van der Waals surface area contributed by atoms with Gasteiger partial charge in [-0.3, -0.25) is 4.79 Å². The van der Waals surface area contributed by atoms with Crippen LogP contribution in [0, 0.1) is 5.92 Å². The lowest BCUT2D eigenvalue weighted by atomic mass is 9.76. The molecule has 5 heteroatoms. The molecule has 0 radical (unpaired) electrons. The molecule has 1 saturated carbocycles. The number of fused-ring (bicyclic) bond motifs is 1. The monoisotopic (exact) mass is 176 g/mol. The van der Waals surface area contributed by atoms with Gasteiger partial charge in [0, 0.05) is 18.4 Å². The van der Waals surface area contributed by atoms with E-state index in [1.54, 1.807) is 0 Å². The second-order valence-corrected chi connectivity index (χ2v) is 3.54. The maximum atomic E-state index is 12.7. The molecule has 3 nitrogen and oxygen atoms in total. The van der Waals surface area contributed by atoms with E-state index in [9.17, 15) is 13.6 Å². The Bertz CT molecular complexity index is 231. The average Bonchev–Trinajstić information content (AvgIpc) is 2.27. The molecule has 3 unspecified atom stereocenters. The Morgan fingerprint density at radius 3 is 2.67 bits per heavy atom. The first-order chi connectivity index (χ1) is 5.50. The highest BCUT2D eigenvalue weighted by Crippen LogP contribution is 2.49.